The molecule has 7 aromatic heterocycles. The van der Waals surface area contributed by atoms with Gasteiger partial charge in [0.1, 0.15) is 56.4 Å². The fourth-order valence-corrected chi connectivity index (χ4v) is 14.5. The van der Waals surface area contributed by atoms with Crippen LogP contribution in [0.1, 0.15) is 156 Å². The topological polar surface area (TPSA) is 314 Å². The van der Waals surface area contributed by atoms with Crippen LogP contribution < -0.4 is 5.73 Å². The summed E-state index contributed by atoms with van der Waals surface area (Å²) in [6.45, 7) is 23.1. The number of benzene rings is 3. The second-order valence-electron chi connectivity index (χ2n) is 22.1. The quantitative estimate of drug-likeness (QED) is 0.0405. The summed E-state index contributed by atoms with van der Waals surface area (Å²) in [5.74, 6) is 3.98. The van der Waals surface area contributed by atoms with Crippen LogP contribution in [0.15, 0.2) is 97.5 Å². The molecule has 0 radical (unpaired) electrons. The fraction of sp³-hybridized carbons (Fsp3) is 0.297. The molecule has 10 heterocycles. The van der Waals surface area contributed by atoms with E-state index in [1.54, 1.807) is 54.8 Å². The number of carboxylic acid groups (broad SMARTS) is 1. The number of aliphatic hydroxyl groups excluding tert-OH is 1. The molecule has 0 fully saturated rings. The summed E-state index contributed by atoms with van der Waals surface area (Å²) in [5.41, 5.74) is 17.6. The smallest absolute Gasteiger partial charge is 0.337 e. The predicted molar refractivity (Wildman–Crippen MR) is 363 cm³/mol. The van der Waals surface area contributed by atoms with Gasteiger partial charge in [0.05, 0.1) is 43.0 Å². The Kier molecular flexibility index (Phi) is 20.4. The monoisotopic (exact) mass is 1370 g/mol. The lowest BCUT2D eigenvalue weighted by atomic mass is 9.99. The van der Waals surface area contributed by atoms with Crippen molar-refractivity contribution in [1.29, 1.82) is 5.41 Å². The van der Waals surface area contributed by atoms with E-state index >= 15 is 0 Å². The third-order valence-electron chi connectivity index (χ3n) is 15.3. The number of hydrogen-bond acceptors (Lipinski definition) is 21. The molecule has 3 aromatic carbocycles. The van der Waals surface area contributed by atoms with Crippen molar-refractivity contribution in [2.24, 2.45) is 25.9 Å². The van der Waals surface area contributed by atoms with E-state index in [1.807, 2.05) is 103 Å². The molecule has 5 N–H and O–H groups in total. The highest BCUT2D eigenvalue weighted by Gasteiger charge is 2.36. The zero-order valence-corrected chi connectivity index (χ0v) is 57.4. The van der Waals surface area contributed by atoms with Gasteiger partial charge in [-0.1, -0.05) is 81.5 Å². The lowest BCUT2D eigenvalue weighted by molar-refractivity contribution is -0.144. The number of nitrogens with zero attached hydrogens (tertiary/aromatic N) is 15. The molecule has 0 spiro atoms. The highest BCUT2D eigenvalue weighted by Crippen LogP contribution is 2.43. The first-order valence-corrected chi connectivity index (χ1v) is 32.6. The van der Waals surface area contributed by atoms with Crippen LogP contribution in [0.5, 0.6) is 0 Å². The van der Waals surface area contributed by atoms with E-state index in [1.165, 1.54) is 20.2 Å². The van der Waals surface area contributed by atoms with Gasteiger partial charge in [-0.25, -0.2) is 4.79 Å². The standard InChI is InChI=1S/C21H21ClN6O2S.C21H19ClN6OS.C19H17ClN4O2S.C3H7NO/c1-10-11(2)31-21-18(10)19(14-5-7-15(22)8-6-14)24-16(9-17(29)30-27-12(3)23)20-26-25-13(4)28(20)21;1-10-11(2)30-21-18(10)19(14-5-7-15(22)8-6-14)24-16(9-17-23-12(3)27-29-17)20-26-25-13(4)28(20)21;1-9-10(2)27-19-16(9)17(12-4-6-13(20)7-5-12)21-14(8-15(25)26)18-23-22-11(3)24(18)19;1-3(4)2-5/h5-8,16H,9H2,1-4H3,(H2,23,27);5-8,16H,9H2,1-4H3;4-7,14H,8H2,1-3H3,(H,25,26);4-5H,2H2,1H3/t2*16-;14-;/m000./s1. The number of carbonyl (C=O) groups excluding carboxylic acids is 1. The third kappa shape index (κ3) is 14.3. The second kappa shape index (κ2) is 28.2. The minimum absolute atomic E-state index is 0.0566. The number of aryl methyl sites for hydroxylation is 7. The van der Waals surface area contributed by atoms with Crippen molar-refractivity contribution >= 4 is 109 Å². The number of aliphatic carboxylic acids is 1. The van der Waals surface area contributed by atoms with Crippen LogP contribution >= 0.6 is 68.8 Å². The van der Waals surface area contributed by atoms with E-state index in [9.17, 15) is 14.7 Å². The van der Waals surface area contributed by atoms with E-state index in [4.69, 9.17) is 75.4 Å². The molecule has 0 unspecified atom stereocenters. The van der Waals surface area contributed by atoms with Crippen LogP contribution in [0.2, 0.25) is 15.1 Å². The fourth-order valence-electron chi connectivity index (χ4n) is 10.5. The molecule has 3 aliphatic heterocycles. The van der Waals surface area contributed by atoms with Gasteiger partial charge >= 0.3 is 11.9 Å². The molecule has 0 saturated carbocycles. The summed E-state index contributed by atoms with van der Waals surface area (Å²) in [4.78, 5) is 51.8. The molecule has 10 aromatic rings. The van der Waals surface area contributed by atoms with E-state index in [2.05, 4.69) is 92.0 Å². The highest BCUT2D eigenvalue weighted by atomic mass is 35.5. The van der Waals surface area contributed by atoms with Crippen molar-refractivity contribution in [2.75, 3.05) is 6.61 Å². The number of oxime groups is 1. The third-order valence-corrected chi connectivity index (χ3v) is 19.6. The van der Waals surface area contributed by atoms with Crippen LogP contribution in [-0.2, 0) is 20.8 Å². The first-order chi connectivity index (χ1) is 44.3. The molecular formula is C64H64Cl3N17O6S3. The van der Waals surface area contributed by atoms with Crippen molar-refractivity contribution in [3.63, 3.8) is 0 Å². The Morgan fingerprint density at radius 1 is 0.581 bits per heavy atom. The zero-order valence-electron chi connectivity index (χ0n) is 52.7. The Balaban J connectivity index is 0.000000147. The Labute approximate surface area is 562 Å². The summed E-state index contributed by atoms with van der Waals surface area (Å²) in [6, 6.07) is 21.2. The number of aliphatic hydroxyl groups is 1. The molecule has 29 heteroatoms. The number of aliphatic imine (C=N–C) groups is 3. The minimum Gasteiger partial charge on any atom is -0.481 e. The number of nitrogens with two attached hydrogens (primary N) is 1. The van der Waals surface area contributed by atoms with Crippen molar-refractivity contribution in [3.05, 3.63) is 199 Å². The van der Waals surface area contributed by atoms with Gasteiger partial charge in [0, 0.05) is 68.8 Å². The Hall–Kier alpha value is -8.76. The maximum Gasteiger partial charge on any atom is 0.337 e. The highest BCUT2D eigenvalue weighted by molar-refractivity contribution is 7.15. The van der Waals surface area contributed by atoms with Gasteiger partial charge < -0.3 is 30.7 Å². The molecule has 3 atom stereocenters. The van der Waals surface area contributed by atoms with Gasteiger partial charge in [0.25, 0.3) is 0 Å². The minimum atomic E-state index is -0.926. The summed E-state index contributed by atoms with van der Waals surface area (Å²) in [5, 5.41) is 62.2. The number of fused-ring (bicyclic) bond motifs is 9. The van der Waals surface area contributed by atoms with Gasteiger partial charge in [-0.3, -0.25) is 33.5 Å². The average Bonchev–Trinajstić information content (AvgIpc) is 1.61. The van der Waals surface area contributed by atoms with Gasteiger partial charge in [-0.2, -0.15) is 4.98 Å². The first-order valence-electron chi connectivity index (χ1n) is 29.1. The normalized spacial score (nSPS) is 15.2. The van der Waals surface area contributed by atoms with Crippen LogP contribution in [0, 0.1) is 74.6 Å². The van der Waals surface area contributed by atoms with E-state index in [0.29, 0.717) is 50.6 Å². The maximum absolute atomic E-state index is 12.4. The van der Waals surface area contributed by atoms with Crippen LogP contribution in [0.3, 0.4) is 0 Å². The molecular weight excluding hydrogens is 1310 g/mol. The van der Waals surface area contributed by atoms with Gasteiger partial charge in [-0.15, -0.1) is 64.6 Å². The molecule has 0 amide bonds. The number of rotatable bonds is 11. The number of hydrogen-bond donors (Lipinski definition) is 4. The Morgan fingerprint density at radius 3 is 1.25 bits per heavy atom. The van der Waals surface area contributed by atoms with Crippen molar-refractivity contribution in [1.82, 2.24) is 54.4 Å². The number of thiophene rings is 3. The summed E-state index contributed by atoms with van der Waals surface area (Å²) >= 11 is 23.3. The SMILES string of the molecule is CC(=N)CO.CC(N)=NOC(=O)C[C@@H]1N=C(c2ccc(Cl)cc2)c2c(sc(C)c2C)-n2c(C)nnc21.Cc1noc(C[C@@H]2N=C(c3ccc(Cl)cc3)c3c(sc(C)c3C)-n3c(C)nnc32)n1.Cc1sc2c(c1C)C(c1ccc(Cl)cc1)=N[C@@H](CC(=O)O)c1nnc(C)n1-2. The molecule has 23 nitrogen and oxygen atoms in total. The van der Waals surface area contributed by atoms with E-state index in [0.717, 1.165) is 99.9 Å². The molecule has 93 heavy (non-hydrogen) atoms. The lowest BCUT2D eigenvalue weighted by Gasteiger charge is -2.11. The van der Waals surface area contributed by atoms with Crippen LogP contribution in [0.25, 0.3) is 15.0 Å². The lowest BCUT2D eigenvalue weighted by Crippen LogP contribution is -2.14. The van der Waals surface area contributed by atoms with Gasteiger partial charge in [0.15, 0.2) is 23.3 Å². The second-order valence-corrected chi connectivity index (χ2v) is 27.0. The van der Waals surface area contributed by atoms with E-state index in [-0.39, 0.29) is 31.3 Å². The van der Waals surface area contributed by atoms with Gasteiger partial charge in [-0.05, 0) is 136 Å². The zero-order chi connectivity index (χ0) is 66.9. The van der Waals surface area contributed by atoms with Gasteiger partial charge in [0.2, 0.25) is 5.89 Å². The molecule has 13 rings (SSSR count). The van der Waals surface area contributed by atoms with E-state index < -0.39 is 24.0 Å². The number of nitrogens with one attached hydrogen (secondary N) is 1. The first kappa shape index (κ1) is 67.1. The molecule has 0 saturated heterocycles. The molecule has 480 valence electrons. The maximum atomic E-state index is 12.4. The average molecular weight is 1370 g/mol. The predicted octanol–water partition coefficient (Wildman–Crippen LogP) is 13.1. The van der Waals surface area contributed by atoms with Crippen molar-refractivity contribution in [3.8, 4) is 15.0 Å². The van der Waals surface area contributed by atoms with Crippen molar-refractivity contribution < 1.29 is 29.2 Å². The Morgan fingerprint density at radius 2 is 0.925 bits per heavy atom. The Bertz CT molecular complexity index is 4620. The summed E-state index contributed by atoms with van der Waals surface area (Å²) in [6.07, 6.45) is 0.240. The molecule has 3 aliphatic rings. The molecule has 0 aliphatic carbocycles. The van der Waals surface area contributed by atoms with Crippen molar-refractivity contribution in [2.45, 2.75) is 120 Å². The number of carbonyl (C=O) groups is 2. The van der Waals surface area contributed by atoms with Crippen LogP contribution in [0.4, 0.5) is 0 Å². The molecule has 0 bridgehead atoms. The largest absolute Gasteiger partial charge is 0.481 e. The number of aromatic nitrogens is 11. The number of halogens is 3. The summed E-state index contributed by atoms with van der Waals surface area (Å²) in [7, 11) is 0. The number of amidine groups is 1. The van der Waals surface area contributed by atoms with Crippen LogP contribution in [-0.4, -0.2) is 112 Å². The summed E-state index contributed by atoms with van der Waals surface area (Å²) < 4.78 is 11.4. The number of carboxylic acids is 1.